The summed E-state index contributed by atoms with van der Waals surface area (Å²) in [6, 6.07) is 10.9. The molecule has 1 aliphatic rings. The number of thiazole rings is 1. The minimum atomic E-state index is -0.0742. The highest BCUT2D eigenvalue weighted by molar-refractivity contribution is 7.20. The standard InChI is InChI=1S/C21H21ClN2O4S/c1-26-15-4-5-17-19(12-15)29-21(23-17)28-14-7-9-24(10-8-14)20(25)16-11-13(22)3-6-18(16)27-2/h3-6,11-12,14H,7-10H2,1-2H3. The topological polar surface area (TPSA) is 60.9 Å². The number of hydrogen-bond acceptors (Lipinski definition) is 6. The number of amides is 1. The first kappa shape index (κ1) is 19.8. The predicted octanol–water partition coefficient (Wildman–Crippen LogP) is 4.65. The Morgan fingerprint density at radius 3 is 2.66 bits per heavy atom. The lowest BCUT2D eigenvalue weighted by molar-refractivity contribution is 0.0592. The van der Waals surface area contributed by atoms with Crippen molar-refractivity contribution in [2.75, 3.05) is 27.3 Å². The van der Waals surface area contributed by atoms with Crippen LogP contribution < -0.4 is 14.2 Å². The van der Waals surface area contributed by atoms with Crippen LogP contribution in [0.1, 0.15) is 23.2 Å². The van der Waals surface area contributed by atoms with Gasteiger partial charge in [-0.15, -0.1) is 0 Å². The van der Waals surface area contributed by atoms with E-state index in [4.69, 9.17) is 25.8 Å². The fourth-order valence-corrected chi connectivity index (χ4v) is 4.48. The first-order chi connectivity index (χ1) is 14.1. The van der Waals surface area contributed by atoms with Crippen molar-refractivity contribution in [1.29, 1.82) is 0 Å². The minimum absolute atomic E-state index is 0.0303. The molecule has 1 saturated heterocycles. The van der Waals surface area contributed by atoms with Crippen LogP contribution in [0.4, 0.5) is 0 Å². The van der Waals surface area contributed by atoms with Crippen molar-refractivity contribution in [3.05, 3.63) is 47.0 Å². The minimum Gasteiger partial charge on any atom is -0.497 e. The van der Waals surface area contributed by atoms with Crippen molar-refractivity contribution in [2.45, 2.75) is 18.9 Å². The highest BCUT2D eigenvalue weighted by atomic mass is 35.5. The number of piperidine rings is 1. The first-order valence-corrected chi connectivity index (χ1v) is 10.5. The molecule has 0 saturated carbocycles. The van der Waals surface area contributed by atoms with Crippen LogP contribution in [-0.4, -0.2) is 49.2 Å². The number of ether oxygens (including phenoxy) is 3. The maximum atomic E-state index is 12.9. The van der Waals surface area contributed by atoms with Crippen molar-refractivity contribution in [1.82, 2.24) is 9.88 Å². The molecule has 0 radical (unpaired) electrons. The van der Waals surface area contributed by atoms with Crippen LogP contribution in [0.2, 0.25) is 5.02 Å². The Bertz CT molecular complexity index is 1030. The number of fused-ring (bicyclic) bond motifs is 1. The van der Waals surface area contributed by atoms with Gasteiger partial charge in [0.05, 0.1) is 30.0 Å². The number of halogens is 1. The number of rotatable bonds is 5. The van der Waals surface area contributed by atoms with Gasteiger partial charge in [-0.25, -0.2) is 4.98 Å². The highest BCUT2D eigenvalue weighted by Crippen LogP contribution is 2.32. The molecule has 0 atom stereocenters. The maximum Gasteiger partial charge on any atom is 0.274 e. The summed E-state index contributed by atoms with van der Waals surface area (Å²) >= 11 is 7.57. The van der Waals surface area contributed by atoms with E-state index in [1.807, 2.05) is 23.1 Å². The van der Waals surface area contributed by atoms with E-state index in [1.165, 1.54) is 11.3 Å². The summed E-state index contributed by atoms with van der Waals surface area (Å²) in [5.74, 6) is 1.26. The Kier molecular flexibility index (Phi) is 5.78. The lowest BCUT2D eigenvalue weighted by Gasteiger charge is -2.32. The second kappa shape index (κ2) is 8.47. The summed E-state index contributed by atoms with van der Waals surface area (Å²) in [4.78, 5) is 19.3. The van der Waals surface area contributed by atoms with E-state index in [2.05, 4.69) is 4.98 Å². The first-order valence-electron chi connectivity index (χ1n) is 9.31. The SMILES string of the molecule is COc1ccc2nc(OC3CCN(C(=O)c4cc(Cl)ccc4OC)CC3)sc2c1. The van der Waals surface area contributed by atoms with Crippen molar-refractivity contribution < 1.29 is 19.0 Å². The van der Waals surface area contributed by atoms with Gasteiger partial charge < -0.3 is 19.1 Å². The number of carbonyl (C=O) groups excluding carboxylic acids is 1. The van der Waals surface area contributed by atoms with Gasteiger partial charge in [0, 0.05) is 31.0 Å². The van der Waals surface area contributed by atoms with Gasteiger partial charge in [-0.3, -0.25) is 4.79 Å². The molecule has 0 unspecified atom stereocenters. The lowest BCUT2D eigenvalue weighted by Crippen LogP contribution is -2.41. The average Bonchev–Trinajstić information content (AvgIpc) is 3.15. The van der Waals surface area contributed by atoms with Crippen LogP contribution in [0.25, 0.3) is 10.2 Å². The Labute approximate surface area is 178 Å². The molecule has 0 aliphatic carbocycles. The van der Waals surface area contributed by atoms with Gasteiger partial charge in [0.25, 0.3) is 11.1 Å². The Morgan fingerprint density at radius 1 is 1.14 bits per heavy atom. The van der Waals surface area contributed by atoms with Crippen molar-refractivity contribution in [2.24, 2.45) is 0 Å². The molecule has 29 heavy (non-hydrogen) atoms. The molecule has 4 rings (SSSR count). The predicted molar refractivity (Wildman–Crippen MR) is 114 cm³/mol. The second-order valence-corrected chi connectivity index (χ2v) is 8.20. The lowest BCUT2D eigenvalue weighted by atomic mass is 10.1. The molecule has 8 heteroatoms. The van der Waals surface area contributed by atoms with Crippen LogP contribution in [-0.2, 0) is 0 Å². The number of nitrogens with zero attached hydrogens (tertiary/aromatic N) is 2. The molecule has 1 aliphatic heterocycles. The van der Waals surface area contributed by atoms with Crippen molar-refractivity contribution in [3.8, 4) is 16.7 Å². The molecule has 2 heterocycles. The number of carbonyl (C=O) groups is 1. The zero-order chi connectivity index (χ0) is 20.4. The summed E-state index contributed by atoms with van der Waals surface area (Å²) in [6.07, 6.45) is 1.52. The van der Waals surface area contributed by atoms with Crippen molar-refractivity contribution >= 4 is 39.1 Å². The quantitative estimate of drug-likeness (QED) is 0.587. The molecular weight excluding hydrogens is 412 g/mol. The number of methoxy groups -OCH3 is 2. The van der Waals surface area contributed by atoms with Crippen LogP contribution in [0, 0.1) is 0 Å². The molecular formula is C21H21ClN2O4S. The number of benzene rings is 2. The molecule has 152 valence electrons. The Hall–Kier alpha value is -2.51. The van der Waals surface area contributed by atoms with Crippen LogP contribution in [0.3, 0.4) is 0 Å². The third kappa shape index (κ3) is 4.26. The van der Waals surface area contributed by atoms with Gasteiger partial charge >= 0.3 is 0 Å². The summed E-state index contributed by atoms with van der Waals surface area (Å²) < 4.78 is 17.7. The largest absolute Gasteiger partial charge is 0.497 e. The molecule has 1 amide bonds. The Balaban J connectivity index is 1.39. The van der Waals surface area contributed by atoms with E-state index < -0.39 is 0 Å². The molecule has 0 bridgehead atoms. The number of hydrogen-bond donors (Lipinski definition) is 0. The van der Waals surface area contributed by atoms with Crippen molar-refractivity contribution in [3.63, 3.8) is 0 Å². The monoisotopic (exact) mass is 432 g/mol. The molecule has 2 aromatic carbocycles. The van der Waals surface area contributed by atoms with E-state index in [-0.39, 0.29) is 12.0 Å². The van der Waals surface area contributed by atoms with Crippen LogP contribution >= 0.6 is 22.9 Å². The van der Waals surface area contributed by atoms with E-state index in [0.717, 1.165) is 28.8 Å². The maximum absolute atomic E-state index is 12.9. The molecule has 6 nitrogen and oxygen atoms in total. The fourth-order valence-electron chi connectivity index (χ4n) is 3.40. The van der Waals surface area contributed by atoms with E-state index >= 15 is 0 Å². The molecule has 0 N–H and O–H groups in total. The summed E-state index contributed by atoms with van der Waals surface area (Å²) in [6.45, 7) is 1.22. The van der Waals surface area contributed by atoms with Gasteiger partial charge in [-0.2, -0.15) is 0 Å². The molecule has 0 spiro atoms. The van der Waals surface area contributed by atoms with Crippen LogP contribution in [0.5, 0.6) is 16.7 Å². The second-order valence-electron chi connectivity index (χ2n) is 6.77. The highest BCUT2D eigenvalue weighted by Gasteiger charge is 2.27. The third-order valence-electron chi connectivity index (χ3n) is 4.96. The van der Waals surface area contributed by atoms with Crippen LogP contribution in [0.15, 0.2) is 36.4 Å². The average molecular weight is 433 g/mol. The number of likely N-dealkylation sites (tertiary alicyclic amines) is 1. The summed E-state index contributed by atoms with van der Waals surface area (Å²) in [5, 5.41) is 1.16. The van der Waals surface area contributed by atoms with Gasteiger partial charge in [0.15, 0.2) is 0 Å². The van der Waals surface area contributed by atoms with E-state index in [0.29, 0.717) is 34.6 Å². The normalized spacial score (nSPS) is 14.8. The van der Waals surface area contributed by atoms with Gasteiger partial charge in [0.2, 0.25) is 0 Å². The van der Waals surface area contributed by atoms with Gasteiger partial charge in [-0.1, -0.05) is 22.9 Å². The van der Waals surface area contributed by atoms with E-state index in [1.54, 1.807) is 32.4 Å². The van der Waals surface area contributed by atoms with E-state index in [9.17, 15) is 4.79 Å². The third-order valence-corrected chi connectivity index (χ3v) is 6.11. The molecule has 1 fully saturated rings. The molecule has 3 aromatic rings. The smallest absolute Gasteiger partial charge is 0.274 e. The summed E-state index contributed by atoms with van der Waals surface area (Å²) in [7, 11) is 3.20. The zero-order valence-corrected chi connectivity index (χ0v) is 17.8. The fraction of sp³-hybridized carbons (Fsp3) is 0.333. The molecule has 1 aromatic heterocycles. The van der Waals surface area contributed by atoms with Gasteiger partial charge in [0.1, 0.15) is 17.6 Å². The zero-order valence-electron chi connectivity index (χ0n) is 16.2. The Morgan fingerprint density at radius 2 is 1.93 bits per heavy atom. The van der Waals surface area contributed by atoms with Gasteiger partial charge in [-0.05, 0) is 36.4 Å². The summed E-state index contributed by atoms with van der Waals surface area (Å²) in [5.41, 5.74) is 1.38. The number of aromatic nitrogens is 1.